The van der Waals surface area contributed by atoms with E-state index in [1.165, 1.54) is 6.07 Å². The van der Waals surface area contributed by atoms with Gasteiger partial charge in [-0.1, -0.05) is 0 Å². The highest BCUT2D eigenvalue weighted by atomic mass is 79.9. The van der Waals surface area contributed by atoms with Crippen LogP contribution in [0.15, 0.2) is 16.6 Å². The first-order valence-corrected chi connectivity index (χ1v) is 8.22. The predicted molar refractivity (Wildman–Crippen MR) is 89.2 cm³/mol. The number of benzene rings is 1. The Labute approximate surface area is 147 Å². The largest absolute Gasteiger partial charge is 0.460 e. The Kier molecular flexibility index (Phi) is 6.27. The van der Waals surface area contributed by atoms with Gasteiger partial charge in [-0.3, -0.25) is 14.9 Å². The summed E-state index contributed by atoms with van der Waals surface area (Å²) < 4.78 is 10.5. The fourth-order valence-electron chi connectivity index (χ4n) is 2.41. The van der Waals surface area contributed by atoms with Gasteiger partial charge in [-0.25, -0.2) is 4.79 Å². The number of nitro benzene ring substituents is 1. The minimum Gasteiger partial charge on any atom is -0.460 e. The number of hydrogen-bond donors (Lipinski definition) is 0. The van der Waals surface area contributed by atoms with Crippen molar-refractivity contribution >= 4 is 39.1 Å². The van der Waals surface area contributed by atoms with Gasteiger partial charge in [-0.05, 0) is 28.9 Å². The third-order valence-corrected chi connectivity index (χ3v) is 4.19. The van der Waals surface area contributed by atoms with Crippen LogP contribution < -0.4 is 4.90 Å². The number of esters is 1. The topological polar surface area (TPSA) is 99.0 Å². The van der Waals surface area contributed by atoms with Gasteiger partial charge in [0, 0.05) is 35.6 Å². The van der Waals surface area contributed by atoms with Crippen LogP contribution in [-0.2, 0) is 25.5 Å². The molecule has 9 heteroatoms. The molecular weight excluding hydrogens is 384 g/mol. The molecule has 8 nitrogen and oxygen atoms in total. The second-order valence-electron chi connectivity index (χ2n) is 5.11. The summed E-state index contributed by atoms with van der Waals surface area (Å²) >= 11 is 3.34. The van der Waals surface area contributed by atoms with Gasteiger partial charge in [0.15, 0.2) is 0 Å². The number of anilines is 1. The lowest BCUT2D eigenvalue weighted by Crippen LogP contribution is -2.36. The summed E-state index contributed by atoms with van der Waals surface area (Å²) in [6.07, 6.45) is -0.375. The molecule has 1 aliphatic rings. The molecule has 24 heavy (non-hydrogen) atoms. The van der Waals surface area contributed by atoms with Crippen LogP contribution in [0.4, 0.5) is 11.4 Å². The normalized spacial score (nSPS) is 14.3. The highest BCUT2D eigenvalue weighted by molar-refractivity contribution is 9.10. The lowest BCUT2D eigenvalue weighted by atomic mass is 10.0. The van der Waals surface area contributed by atoms with Gasteiger partial charge in [-0.2, -0.15) is 0 Å². The number of carbonyl (C=O) groups is 2. The fourth-order valence-corrected chi connectivity index (χ4v) is 2.99. The molecule has 1 aromatic rings. The van der Waals surface area contributed by atoms with E-state index in [0.717, 1.165) is 5.69 Å². The van der Waals surface area contributed by atoms with E-state index in [-0.39, 0.29) is 24.3 Å². The molecular formula is C15H17BrN2O6. The van der Waals surface area contributed by atoms with Gasteiger partial charge in [-0.15, -0.1) is 0 Å². The number of halogens is 1. The number of ether oxygens (including phenoxy) is 2. The number of nitro groups is 1. The van der Waals surface area contributed by atoms with Crippen LogP contribution in [0.25, 0.3) is 0 Å². The van der Waals surface area contributed by atoms with Crippen molar-refractivity contribution in [2.24, 2.45) is 0 Å². The van der Waals surface area contributed by atoms with E-state index in [9.17, 15) is 19.7 Å². The van der Waals surface area contributed by atoms with Crippen molar-refractivity contribution in [2.75, 3.05) is 37.8 Å². The van der Waals surface area contributed by atoms with Crippen LogP contribution in [0.1, 0.15) is 12.5 Å². The number of nitrogens with zero attached hydrogens (tertiary/aromatic N) is 2. The van der Waals surface area contributed by atoms with Gasteiger partial charge in [0.1, 0.15) is 0 Å². The van der Waals surface area contributed by atoms with Crippen molar-refractivity contribution in [3.63, 3.8) is 0 Å². The molecule has 0 aliphatic carbocycles. The summed E-state index contributed by atoms with van der Waals surface area (Å²) in [7, 11) is 0. The van der Waals surface area contributed by atoms with Gasteiger partial charge < -0.3 is 14.4 Å². The zero-order valence-corrected chi connectivity index (χ0v) is 14.7. The second kappa shape index (κ2) is 8.20. The average molecular weight is 401 g/mol. The summed E-state index contributed by atoms with van der Waals surface area (Å²) in [4.78, 5) is 36.1. The smallest absolute Gasteiger partial charge is 0.374 e. The second-order valence-corrected chi connectivity index (χ2v) is 5.96. The monoisotopic (exact) mass is 400 g/mol. The highest BCUT2D eigenvalue weighted by Crippen LogP contribution is 2.34. The van der Waals surface area contributed by atoms with Gasteiger partial charge >= 0.3 is 5.97 Å². The number of rotatable bonds is 6. The van der Waals surface area contributed by atoms with E-state index < -0.39 is 16.7 Å². The molecule has 0 amide bonds. The zero-order chi connectivity index (χ0) is 17.7. The molecule has 0 saturated carbocycles. The average Bonchev–Trinajstić information content (AvgIpc) is 2.56. The Morgan fingerprint density at radius 2 is 2.04 bits per heavy atom. The Morgan fingerprint density at radius 3 is 2.62 bits per heavy atom. The molecule has 0 aromatic heterocycles. The van der Waals surface area contributed by atoms with Crippen LogP contribution >= 0.6 is 15.9 Å². The lowest BCUT2D eigenvalue weighted by molar-refractivity contribution is -0.385. The first kappa shape index (κ1) is 18.3. The van der Waals surface area contributed by atoms with Crippen LogP contribution in [0, 0.1) is 10.1 Å². The Bertz CT molecular complexity index is 658. The van der Waals surface area contributed by atoms with E-state index in [4.69, 9.17) is 4.74 Å². The van der Waals surface area contributed by atoms with Crippen LogP contribution in [-0.4, -0.2) is 49.6 Å². The molecule has 1 aromatic carbocycles. The van der Waals surface area contributed by atoms with E-state index in [1.54, 1.807) is 13.0 Å². The maximum atomic E-state index is 11.9. The standard InChI is InChI=1S/C15H17BrN2O6/c1-2-24-15(20)14(19)8-10-7-13(17-3-5-23-6-4-17)11(16)9-12(10)18(21)22/h7,9H,2-6,8H2,1H3. The Hall–Kier alpha value is -2.00. The minimum absolute atomic E-state index is 0.0754. The van der Waals surface area contributed by atoms with Crippen LogP contribution in [0.3, 0.4) is 0 Å². The molecule has 1 fully saturated rings. The van der Waals surface area contributed by atoms with Gasteiger partial charge in [0.2, 0.25) is 5.78 Å². The molecule has 0 bridgehead atoms. The first-order chi connectivity index (χ1) is 11.4. The number of carbonyl (C=O) groups excluding carboxylic acids is 2. The lowest BCUT2D eigenvalue weighted by Gasteiger charge is -2.30. The third-order valence-electron chi connectivity index (χ3n) is 3.55. The van der Waals surface area contributed by atoms with Crippen molar-refractivity contribution < 1.29 is 24.0 Å². The first-order valence-electron chi connectivity index (χ1n) is 7.43. The number of Topliss-reactive ketones (excluding diaryl/α,β-unsaturated/α-hetero) is 1. The molecule has 0 atom stereocenters. The fraction of sp³-hybridized carbons (Fsp3) is 0.467. The number of morpholine rings is 1. The molecule has 0 radical (unpaired) electrons. The summed E-state index contributed by atoms with van der Waals surface area (Å²) in [6.45, 7) is 4.06. The molecule has 2 rings (SSSR count). The van der Waals surface area contributed by atoms with Crippen molar-refractivity contribution in [3.05, 3.63) is 32.3 Å². The maximum Gasteiger partial charge on any atom is 0.374 e. The van der Waals surface area contributed by atoms with E-state index in [2.05, 4.69) is 20.7 Å². The molecule has 0 spiro atoms. The summed E-state index contributed by atoms with van der Waals surface area (Å²) in [6, 6.07) is 2.93. The van der Waals surface area contributed by atoms with E-state index in [1.807, 2.05) is 4.90 Å². The molecule has 130 valence electrons. The minimum atomic E-state index is -0.984. The molecule has 1 saturated heterocycles. The van der Waals surface area contributed by atoms with Crippen molar-refractivity contribution in [1.29, 1.82) is 0 Å². The van der Waals surface area contributed by atoms with Gasteiger partial charge in [0.25, 0.3) is 5.69 Å². The third kappa shape index (κ3) is 4.30. The van der Waals surface area contributed by atoms with E-state index in [0.29, 0.717) is 30.8 Å². The number of ketones is 1. The summed E-state index contributed by atoms with van der Waals surface area (Å²) in [5, 5.41) is 11.3. The SMILES string of the molecule is CCOC(=O)C(=O)Cc1cc(N2CCOCC2)c(Br)cc1[N+](=O)[O-]. The quantitative estimate of drug-likeness (QED) is 0.311. The Balaban J connectivity index is 2.34. The zero-order valence-electron chi connectivity index (χ0n) is 13.1. The van der Waals surface area contributed by atoms with Crippen molar-refractivity contribution in [3.8, 4) is 0 Å². The molecule has 0 unspecified atom stereocenters. The summed E-state index contributed by atoms with van der Waals surface area (Å²) in [5.74, 6) is -1.79. The summed E-state index contributed by atoms with van der Waals surface area (Å²) in [5.41, 5.74) is 0.704. The predicted octanol–water partition coefficient (Wildman–Crippen LogP) is 1.87. The van der Waals surface area contributed by atoms with Gasteiger partial charge in [0.05, 0.1) is 30.4 Å². The molecule has 1 heterocycles. The molecule has 1 aliphatic heterocycles. The molecule has 0 N–H and O–H groups in total. The van der Waals surface area contributed by atoms with E-state index >= 15 is 0 Å². The van der Waals surface area contributed by atoms with Crippen LogP contribution in [0.2, 0.25) is 0 Å². The van der Waals surface area contributed by atoms with Crippen molar-refractivity contribution in [1.82, 2.24) is 0 Å². The maximum absolute atomic E-state index is 11.9. The Morgan fingerprint density at radius 1 is 1.38 bits per heavy atom. The highest BCUT2D eigenvalue weighted by Gasteiger charge is 2.25. The number of hydrogen-bond acceptors (Lipinski definition) is 7. The van der Waals surface area contributed by atoms with Crippen LogP contribution in [0.5, 0.6) is 0 Å². The van der Waals surface area contributed by atoms with Crippen molar-refractivity contribution in [2.45, 2.75) is 13.3 Å².